The summed E-state index contributed by atoms with van der Waals surface area (Å²) in [6.07, 6.45) is 3.02. The summed E-state index contributed by atoms with van der Waals surface area (Å²) in [5.41, 5.74) is 3.86. The van der Waals surface area contributed by atoms with Crippen molar-refractivity contribution in [1.29, 1.82) is 0 Å². The van der Waals surface area contributed by atoms with E-state index in [-0.39, 0.29) is 17.6 Å². The van der Waals surface area contributed by atoms with Crippen molar-refractivity contribution in [1.82, 2.24) is 25.1 Å². The highest BCUT2D eigenvalue weighted by atomic mass is 32.2. The minimum absolute atomic E-state index is 0.0804. The lowest BCUT2D eigenvalue weighted by molar-refractivity contribution is -0.113. The van der Waals surface area contributed by atoms with E-state index < -0.39 is 0 Å². The molecule has 4 N–H and O–H groups in total. The number of aromatic nitrogens is 5. The van der Waals surface area contributed by atoms with Crippen LogP contribution in [0.15, 0.2) is 67.7 Å². The van der Waals surface area contributed by atoms with Gasteiger partial charge in [0.1, 0.15) is 5.76 Å². The first-order valence-corrected chi connectivity index (χ1v) is 11.9. The molecule has 11 nitrogen and oxygen atoms in total. The molecule has 0 aliphatic rings. The van der Waals surface area contributed by atoms with E-state index in [1.165, 1.54) is 27.8 Å². The Morgan fingerprint density at radius 2 is 2.03 bits per heavy atom. The van der Waals surface area contributed by atoms with Crippen molar-refractivity contribution < 1.29 is 9.21 Å². The van der Waals surface area contributed by atoms with Gasteiger partial charge in [0, 0.05) is 5.75 Å². The second kappa shape index (κ2) is 10.8. The summed E-state index contributed by atoms with van der Waals surface area (Å²) < 4.78 is 7.12. The van der Waals surface area contributed by atoms with E-state index >= 15 is 0 Å². The molecule has 0 saturated carbocycles. The van der Waals surface area contributed by atoms with E-state index in [1.807, 2.05) is 18.2 Å². The van der Waals surface area contributed by atoms with Crippen molar-refractivity contribution in [2.45, 2.75) is 15.2 Å². The molecule has 0 saturated heterocycles. The van der Waals surface area contributed by atoms with Crippen molar-refractivity contribution >= 4 is 58.1 Å². The summed E-state index contributed by atoms with van der Waals surface area (Å²) >= 11 is 4.03. The van der Waals surface area contributed by atoms with E-state index in [9.17, 15) is 4.79 Å². The molecular formula is C18H17N9O2S3. The number of nitrogen functional groups attached to an aromatic ring is 1. The maximum Gasteiger partial charge on any atom is 0.264 e. The topological polar surface area (TPSA) is 149 Å². The Kier molecular flexibility index (Phi) is 7.37. The number of nitrogens with two attached hydrogens (primary N) is 1. The highest BCUT2D eigenvalue weighted by Crippen LogP contribution is 2.28. The molecule has 0 fully saturated rings. The van der Waals surface area contributed by atoms with Gasteiger partial charge in [-0.1, -0.05) is 65.2 Å². The summed E-state index contributed by atoms with van der Waals surface area (Å²) in [7, 11) is 0. The zero-order valence-electron chi connectivity index (χ0n) is 16.4. The molecule has 0 atom stereocenters. The van der Waals surface area contributed by atoms with E-state index in [2.05, 4.69) is 48.4 Å². The molecule has 0 unspecified atom stereocenters. The molecule has 0 aliphatic heterocycles. The van der Waals surface area contributed by atoms with Gasteiger partial charge in [-0.15, -0.1) is 20.4 Å². The van der Waals surface area contributed by atoms with Gasteiger partial charge >= 0.3 is 0 Å². The third-order valence-electron chi connectivity index (χ3n) is 3.75. The van der Waals surface area contributed by atoms with Crippen molar-refractivity contribution in [3.8, 4) is 0 Å². The standard InChI is InChI=1S/C18H17N9O2S3/c19-27-15(22-20-9-13-7-4-8-29-13)23-25-17(27)30-11-14(28)21-16-24-26-18(32-16)31-10-12-5-2-1-3-6-12/h1-9H,10-11,19H2,(H,22,23)(H,21,24,28)/b20-9+. The maximum atomic E-state index is 12.2. The Labute approximate surface area is 194 Å². The number of hydrogen-bond donors (Lipinski definition) is 3. The molecule has 3 aromatic heterocycles. The van der Waals surface area contributed by atoms with Crippen LogP contribution in [-0.2, 0) is 10.5 Å². The number of hydrazone groups is 1. The molecule has 0 bridgehead atoms. The SMILES string of the molecule is Nn1c(N/N=C/c2ccco2)nnc1SCC(=O)Nc1nnc(SCc2ccccc2)s1. The monoisotopic (exact) mass is 487 g/mol. The fourth-order valence-corrected chi connectivity index (χ4v) is 4.67. The number of furan rings is 1. The summed E-state index contributed by atoms with van der Waals surface area (Å²) in [6.45, 7) is 0. The van der Waals surface area contributed by atoms with Crippen LogP contribution in [0.5, 0.6) is 0 Å². The highest BCUT2D eigenvalue weighted by Gasteiger charge is 2.14. The van der Waals surface area contributed by atoms with Crippen LogP contribution in [0, 0.1) is 0 Å². The van der Waals surface area contributed by atoms with Crippen LogP contribution in [0.1, 0.15) is 11.3 Å². The van der Waals surface area contributed by atoms with Crippen LogP contribution in [0.3, 0.4) is 0 Å². The first-order chi connectivity index (χ1) is 15.7. The second-order valence-corrected chi connectivity index (χ2v) is 9.19. The largest absolute Gasteiger partial charge is 0.463 e. The van der Waals surface area contributed by atoms with Crippen molar-refractivity contribution in [2.75, 3.05) is 22.3 Å². The summed E-state index contributed by atoms with van der Waals surface area (Å²) in [5.74, 6) is 7.35. The van der Waals surface area contributed by atoms with Crippen LogP contribution < -0.4 is 16.6 Å². The third kappa shape index (κ3) is 6.09. The van der Waals surface area contributed by atoms with Gasteiger partial charge in [-0.05, 0) is 17.7 Å². The van der Waals surface area contributed by atoms with E-state index in [0.717, 1.165) is 21.9 Å². The minimum Gasteiger partial charge on any atom is -0.463 e. The van der Waals surface area contributed by atoms with E-state index in [4.69, 9.17) is 10.3 Å². The molecule has 0 spiro atoms. The Balaban J connectivity index is 1.23. The number of hydrogen-bond acceptors (Lipinski definition) is 12. The Hall–Kier alpha value is -3.36. The number of nitrogens with zero attached hydrogens (tertiary/aromatic N) is 6. The van der Waals surface area contributed by atoms with Crippen LogP contribution in [0.2, 0.25) is 0 Å². The number of benzene rings is 1. The van der Waals surface area contributed by atoms with Crippen LogP contribution in [0.25, 0.3) is 0 Å². The summed E-state index contributed by atoms with van der Waals surface area (Å²) in [6, 6.07) is 13.6. The van der Waals surface area contributed by atoms with E-state index in [1.54, 1.807) is 30.2 Å². The molecule has 0 aliphatic carbocycles. The molecule has 0 radical (unpaired) electrons. The second-order valence-electron chi connectivity index (χ2n) is 6.05. The van der Waals surface area contributed by atoms with Gasteiger partial charge in [-0.3, -0.25) is 10.1 Å². The van der Waals surface area contributed by atoms with Crippen molar-refractivity contribution in [3.05, 3.63) is 60.1 Å². The molecule has 14 heteroatoms. The number of carbonyl (C=O) groups is 1. The number of nitrogens with one attached hydrogen (secondary N) is 2. The number of anilines is 2. The molecule has 4 aromatic rings. The number of thioether (sulfide) groups is 2. The minimum atomic E-state index is -0.251. The molecule has 32 heavy (non-hydrogen) atoms. The average Bonchev–Trinajstić information content (AvgIpc) is 3.55. The number of carbonyl (C=O) groups excluding carboxylic acids is 1. The van der Waals surface area contributed by atoms with Gasteiger partial charge in [0.25, 0.3) is 5.95 Å². The van der Waals surface area contributed by atoms with E-state index in [0.29, 0.717) is 16.0 Å². The van der Waals surface area contributed by atoms with Gasteiger partial charge in [-0.25, -0.2) is 10.1 Å². The average molecular weight is 488 g/mol. The lowest BCUT2D eigenvalue weighted by atomic mass is 10.2. The van der Waals surface area contributed by atoms with Gasteiger partial charge in [0.15, 0.2) is 4.34 Å². The molecule has 1 aromatic carbocycles. The van der Waals surface area contributed by atoms with Crippen LogP contribution in [-0.4, -0.2) is 42.9 Å². The summed E-state index contributed by atoms with van der Waals surface area (Å²) in [5, 5.41) is 23.5. The quantitative estimate of drug-likeness (QED) is 0.100. The maximum absolute atomic E-state index is 12.2. The zero-order valence-corrected chi connectivity index (χ0v) is 18.9. The highest BCUT2D eigenvalue weighted by molar-refractivity contribution is 8.00. The van der Waals surface area contributed by atoms with Gasteiger partial charge in [0.05, 0.1) is 18.2 Å². The normalized spacial score (nSPS) is 11.1. The lowest BCUT2D eigenvalue weighted by Gasteiger charge is -2.02. The Bertz CT molecular complexity index is 1180. The smallest absolute Gasteiger partial charge is 0.264 e. The molecular weight excluding hydrogens is 470 g/mol. The van der Waals surface area contributed by atoms with Gasteiger partial charge in [-0.2, -0.15) is 5.10 Å². The molecule has 4 rings (SSSR count). The first-order valence-electron chi connectivity index (χ1n) is 9.13. The molecule has 1 amide bonds. The van der Waals surface area contributed by atoms with Crippen LogP contribution >= 0.6 is 34.9 Å². The number of rotatable bonds is 10. The predicted molar refractivity (Wildman–Crippen MR) is 125 cm³/mol. The number of amides is 1. The molecule has 3 heterocycles. The van der Waals surface area contributed by atoms with Crippen molar-refractivity contribution in [2.24, 2.45) is 5.10 Å². The van der Waals surface area contributed by atoms with Crippen LogP contribution in [0.4, 0.5) is 11.1 Å². The predicted octanol–water partition coefficient (Wildman–Crippen LogP) is 2.91. The summed E-state index contributed by atoms with van der Waals surface area (Å²) in [4.78, 5) is 12.2. The third-order valence-corrected chi connectivity index (χ3v) is 6.74. The lowest BCUT2D eigenvalue weighted by Crippen LogP contribution is -2.16. The Morgan fingerprint density at radius 3 is 2.84 bits per heavy atom. The zero-order chi connectivity index (χ0) is 22.2. The molecule has 164 valence electrons. The van der Waals surface area contributed by atoms with Crippen molar-refractivity contribution in [3.63, 3.8) is 0 Å². The first kappa shape index (κ1) is 21.9. The van der Waals surface area contributed by atoms with Gasteiger partial charge < -0.3 is 10.3 Å². The van der Waals surface area contributed by atoms with Gasteiger partial charge in [0.2, 0.25) is 16.2 Å². The fraction of sp³-hybridized carbons (Fsp3) is 0.111. The fourth-order valence-electron chi connectivity index (χ4n) is 2.29. The Morgan fingerprint density at radius 1 is 1.16 bits per heavy atom.